The van der Waals surface area contributed by atoms with Crippen LogP contribution in [0.2, 0.25) is 5.02 Å². The van der Waals surface area contributed by atoms with Crippen molar-refractivity contribution < 1.29 is 14.7 Å². The quantitative estimate of drug-likeness (QED) is 0.913. The predicted octanol–water partition coefficient (Wildman–Crippen LogP) is 2.06. The van der Waals surface area contributed by atoms with Crippen molar-refractivity contribution in [2.24, 2.45) is 0 Å². The van der Waals surface area contributed by atoms with Gasteiger partial charge in [-0.2, -0.15) is 0 Å². The van der Waals surface area contributed by atoms with Crippen LogP contribution in [0.4, 0.5) is 10.5 Å². The summed E-state index contributed by atoms with van der Waals surface area (Å²) in [5, 5.41) is 9.29. The number of hydrogen-bond donors (Lipinski definition) is 1. The molecule has 1 aliphatic heterocycles. The number of anilines is 1. The lowest BCUT2D eigenvalue weighted by Gasteiger charge is -2.17. The Morgan fingerprint density at radius 3 is 2.78 bits per heavy atom. The molecule has 1 aromatic carbocycles. The zero-order chi connectivity index (χ0) is 13.3. The molecular formula is C12H13ClN2O3. The number of urea groups is 1. The van der Waals surface area contributed by atoms with E-state index in [0.29, 0.717) is 17.3 Å². The minimum atomic E-state index is -0.916. The second-order valence-electron chi connectivity index (χ2n) is 4.21. The fourth-order valence-electron chi connectivity index (χ4n) is 2.03. The Hall–Kier alpha value is -1.75. The van der Waals surface area contributed by atoms with E-state index in [1.54, 1.807) is 31.3 Å². The molecule has 2 amide bonds. The first kappa shape index (κ1) is 12.7. The standard InChI is InChI=1S/C12H13ClN2O3/c1-14-8(6-11(16)17)7-15(12(14)18)10-5-3-2-4-9(10)13/h2-5,8H,6-7H2,1H3,(H,16,17). The van der Waals surface area contributed by atoms with E-state index in [9.17, 15) is 9.59 Å². The van der Waals surface area contributed by atoms with Crippen LogP contribution in [-0.2, 0) is 4.79 Å². The summed E-state index contributed by atoms with van der Waals surface area (Å²) in [7, 11) is 1.60. The van der Waals surface area contributed by atoms with Crippen LogP contribution < -0.4 is 4.90 Å². The van der Waals surface area contributed by atoms with E-state index in [1.165, 1.54) is 9.80 Å². The molecule has 1 fully saturated rings. The SMILES string of the molecule is CN1C(=O)N(c2ccccc2Cl)CC1CC(=O)O. The normalized spacial score (nSPS) is 19.4. The molecule has 1 heterocycles. The number of carboxylic acid groups (broad SMARTS) is 1. The van der Waals surface area contributed by atoms with Gasteiger partial charge in [0.2, 0.25) is 0 Å². The molecule has 2 rings (SSSR count). The van der Waals surface area contributed by atoms with Gasteiger partial charge >= 0.3 is 12.0 Å². The molecule has 18 heavy (non-hydrogen) atoms. The Kier molecular flexibility index (Phi) is 3.43. The van der Waals surface area contributed by atoms with Crippen LogP contribution in [0.3, 0.4) is 0 Å². The number of carboxylic acids is 1. The molecule has 0 saturated carbocycles. The number of hydrogen-bond acceptors (Lipinski definition) is 2. The summed E-state index contributed by atoms with van der Waals surface area (Å²) in [5.74, 6) is -0.916. The van der Waals surface area contributed by atoms with Gasteiger partial charge in [0, 0.05) is 13.6 Å². The van der Waals surface area contributed by atoms with Gasteiger partial charge in [0.05, 0.1) is 23.2 Å². The highest BCUT2D eigenvalue weighted by Gasteiger charge is 2.37. The minimum Gasteiger partial charge on any atom is -0.481 e. The Morgan fingerprint density at radius 2 is 2.17 bits per heavy atom. The van der Waals surface area contributed by atoms with Gasteiger partial charge in [0.25, 0.3) is 0 Å². The van der Waals surface area contributed by atoms with Crippen molar-refractivity contribution >= 4 is 29.3 Å². The lowest BCUT2D eigenvalue weighted by Crippen LogP contribution is -2.32. The zero-order valence-corrected chi connectivity index (χ0v) is 10.6. The largest absolute Gasteiger partial charge is 0.481 e. The summed E-state index contributed by atoms with van der Waals surface area (Å²) >= 11 is 6.04. The number of carbonyl (C=O) groups is 2. The van der Waals surface area contributed by atoms with Crippen molar-refractivity contribution in [3.63, 3.8) is 0 Å². The van der Waals surface area contributed by atoms with Crippen molar-refractivity contribution in [2.45, 2.75) is 12.5 Å². The summed E-state index contributed by atoms with van der Waals surface area (Å²) in [4.78, 5) is 25.7. The van der Waals surface area contributed by atoms with Crippen molar-refractivity contribution in [1.29, 1.82) is 0 Å². The first-order valence-corrected chi connectivity index (χ1v) is 5.89. The van der Waals surface area contributed by atoms with Crippen molar-refractivity contribution in [2.75, 3.05) is 18.5 Å². The van der Waals surface area contributed by atoms with Crippen molar-refractivity contribution in [3.05, 3.63) is 29.3 Å². The molecule has 0 aromatic heterocycles. The van der Waals surface area contributed by atoms with Gasteiger partial charge in [-0.1, -0.05) is 23.7 Å². The molecule has 96 valence electrons. The van der Waals surface area contributed by atoms with E-state index in [1.807, 2.05) is 0 Å². The number of likely N-dealkylation sites (N-methyl/N-ethyl adjacent to an activating group) is 1. The van der Waals surface area contributed by atoms with Gasteiger partial charge in [-0.3, -0.25) is 9.69 Å². The van der Waals surface area contributed by atoms with Gasteiger partial charge in [-0.25, -0.2) is 4.79 Å². The lowest BCUT2D eigenvalue weighted by atomic mass is 10.2. The van der Waals surface area contributed by atoms with Gasteiger partial charge in [0.1, 0.15) is 0 Å². The molecule has 1 aromatic rings. The van der Waals surface area contributed by atoms with Crippen LogP contribution >= 0.6 is 11.6 Å². The average Bonchev–Trinajstić information content (AvgIpc) is 2.58. The molecule has 0 spiro atoms. The summed E-state index contributed by atoms with van der Waals surface area (Å²) in [6, 6.07) is 6.47. The van der Waals surface area contributed by atoms with Crippen LogP contribution in [0.5, 0.6) is 0 Å². The van der Waals surface area contributed by atoms with Crippen LogP contribution in [-0.4, -0.2) is 41.6 Å². The van der Waals surface area contributed by atoms with Crippen LogP contribution in [0, 0.1) is 0 Å². The van der Waals surface area contributed by atoms with Gasteiger partial charge in [-0.15, -0.1) is 0 Å². The van der Waals surface area contributed by atoms with Gasteiger partial charge in [-0.05, 0) is 12.1 Å². The van der Waals surface area contributed by atoms with E-state index >= 15 is 0 Å². The highest BCUT2D eigenvalue weighted by molar-refractivity contribution is 6.33. The third kappa shape index (κ3) is 2.26. The predicted molar refractivity (Wildman–Crippen MR) is 68.0 cm³/mol. The monoisotopic (exact) mass is 268 g/mol. The average molecular weight is 269 g/mol. The summed E-state index contributed by atoms with van der Waals surface area (Å²) < 4.78 is 0. The molecule has 0 aliphatic carbocycles. The Balaban J connectivity index is 2.24. The molecule has 0 radical (unpaired) electrons. The Bertz CT molecular complexity index is 492. The number of para-hydroxylation sites is 1. The molecule has 5 nitrogen and oxygen atoms in total. The Labute approximate surface area is 110 Å². The zero-order valence-electron chi connectivity index (χ0n) is 9.84. The number of carbonyl (C=O) groups excluding carboxylic acids is 1. The van der Waals surface area contributed by atoms with Crippen LogP contribution in [0.15, 0.2) is 24.3 Å². The van der Waals surface area contributed by atoms with Gasteiger partial charge in [0.15, 0.2) is 0 Å². The summed E-state index contributed by atoms with van der Waals surface area (Å²) in [6.07, 6.45) is -0.0663. The van der Waals surface area contributed by atoms with Crippen molar-refractivity contribution in [1.82, 2.24) is 4.90 Å². The second-order valence-corrected chi connectivity index (χ2v) is 4.61. The molecular weight excluding hydrogens is 256 g/mol. The second kappa shape index (κ2) is 4.86. The molecule has 1 saturated heterocycles. The third-order valence-corrected chi connectivity index (χ3v) is 3.35. The smallest absolute Gasteiger partial charge is 0.324 e. The van der Waals surface area contributed by atoms with Crippen molar-refractivity contribution in [3.8, 4) is 0 Å². The number of nitrogens with zero attached hydrogens (tertiary/aromatic N) is 2. The third-order valence-electron chi connectivity index (χ3n) is 3.03. The highest BCUT2D eigenvalue weighted by atomic mass is 35.5. The number of aliphatic carboxylic acids is 1. The molecule has 6 heteroatoms. The molecule has 1 aliphatic rings. The summed E-state index contributed by atoms with van der Waals surface area (Å²) in [5.41, 5.74) is 0.615. The maximum absolute atomic E-state index is 12.1. The number of rotatable bonds is 3. The molecule has 1 unspecified atom stereocenters. The fraction of sp³-hybridized carbons (Fsp3) is 0.333. The molecule has 1 atom stereocenters. The topological polar surface area (TPSA) is 60.9 Å². The maximum Gasteiger partial charge on any atom is 0.324 e. The molecule has 1 N–H and O–H groups in total. The first-order valence-electron chi connectivity index (χ1n) is 5.51. The Morgan fingerprint density at radius 1 is 1.50 bits per heavy atom. The molecule has 0 bridgehead atoms. The highest BCUT2D eigenvalue weighted by Crippen LogP contribution is 2.30. The van der Waals surface area contributed by atoms with E-state index in [4.69, 9.17) is 16.7 Å². The maximum atomic E-state index is 12.1. The summed E-state index contributed by atoms with van der Waals surface area (Å²) in [6.45, 7) is 0.339. The number of amides is 2. The fourth-order valence-corrected chi connectivity index (χ4v) is 2.27. The minimum absolute atomic E-state index is 0.0663. The van der Waals surface area contributed by atoms with E-state index < -0.39 is 5.97 Å². The van der Waals surface area contributed by atoms with Crippen LogP contribution in [0.1, 0.15) is 6.42 Å². The van der Waals surface area contributed by atoms with Gasteiger partial charge < -0.3 is 10.0 Å². The lowest BCUT2D eigenvalue weighted by molar-refractivity contribution is -0.137. The van der Waals surface area contributed by atoms with E-state index in [0.717, 1.165) is 0 Å². The first-order chi connectivity index (χ1) is 8.50. The van der Waals surface area contributed by atoms with Crippen LogP contribution in [0.25, 0.3) is 0 Å². The van der Waals surface area contributed by atoms with E-state index in [-0.39, 0.29) is 18.5 Å². The number of halogens is 1. The number of benzene rings is 1. The van der Waals surface area contributed by atoms with E-state index in [2.05, 4.69) is 0 Å².